The highest BCUT2D eigenvalue weighted by Crippen LogP contribution is 2.41. The third-order valence-corrected chi connectivity index (χ3v) is 4.24. The van der Waals surface area contributed by atoms with Gasteiger partial charge in [-0.25, -0.2) is 0 Å². The van der Waals surface area contributed by atoms with E-state index in [-0.39, 0.29) is 25.0 Å². The van der Waals surface area contributed by atoms with Crippen molar-refractivity contribution in [3.63, 3.8) is 0 Å². The van der Waals surface area contributed by atoms with Crippen molar-refractivity contribution in [3.05, 3.63) is 25.3 Å². The summed E-state index contributed by atoms with van der Waals surface area (Å²) in [6, 6.07) is 0. The molecule has 2 fully saturated rings. The molecule has 2 aliphatic rings. The van der Waals surface area contributed by atoms with Gasteiger partial charge in [-0.05, 0) is 0 Å². The molecule has 4 atom stereocenters. The molecule has 0 aromatic carbocycles. The van der Waals surface area contributed by atoms with Crippen LogP contribution in [-0.2, 0) is 28.5 Å². The van der Waals surface area contributed by atoms with Crippen LogP contribution in [0.4, 0.5) is 0 Å². The Labute approximate surface area is 142 Å². The Balaban J connectivity index is 1.78. The van der Waals surface area contributed by atoms with E-state index in [0.717, 1.165) is 0 Å². The van der Waals surface area contributed by atoms with Gasteiger partial charge in [0, 0.05) is 7.11 Å². The average molecular weight is 339 g/mol. The summed E-state index contributed by atoms with van der Waals surface area (Å²) < 4.78 is 21.2. The predicted molar refractivity (Wildman–Crippen MR) is 86.3 cm³/mol. The Hall–Kier alpha value is -1.54. The second-order valence-electron chi connectivity index (χ2n) is 5.63. The summed E-state index contributed by atoms with van der Waals surface area (Å²) in [6.07, 6.45) is 2.25. The SMILES string of the molecule is C=CC1OC(C=C)[C@@H]2C(=O)N(CCOCCOCCOC)C(=O)[C@H]12. The lowest BCUT2D eigenvalue weighted by Gasteiger charge is -2.19. The van der Waals surface area contributed by atoms with Crippen molar-refractivity contribution in [2.24, 2.45) is 11.8 Å². The van der Waals surface area contributed by atoms with Crippen molar-refractivity contribution < 1.29 is 28.5 Å². The molecular formula is C17H25NO6. The molecule has 0 aliphatic carbocycles. The zero-order chi connectivity index (χ0) is 17.5. The molecule has 0 aromatic rings. The fourth-order valence-corrected chi connectivity index (χ4v) is 3.06. The van der Waals surface area contributed by atoms with Crippen molar-refractivity contribution in [1.29, 1.82) is 0 Å². The number of methoxy groups -OCH3 is 1. The van der Waals surface area contributed by atoms with E-state index in [0.29, 0.717) is 26.4 Å². The third kappa shape index (κ3) is 3.92. The summed E-state index contributed by atoms with van der Waals surface area (Å²) in [6.45, 7) is 9.78. The van der Waals surface area contributed by atoms with Crippen LogP contribution in [0.15, 0.2) is 25.3 Å². The molecule has 24 heavy (non-hydrogen) atoms. The zero-order valence-corrected chi connectivity index (χ0v) is 14.0. The number of fused-ring (bicyclic) bond motifs is 1. The van der Waals surface area contributed by atoms with Crippen molar-refractivity contribution in [2.75, 3.05) is 46.7 Å². The van der Waals surface area contributed by atoms with E-state index < -0.39 is 24.0 Å². The Kier molecular flexibility index (Phi) is 7.11. The fraction of sp³-hybridized carbons (Fsp3) is 0.647. The lowest BCUT2D eigenvalue weighted by atomic mass is 9.89. The smallest absolute Gasteiger partial charge is 0.236 e. The molecule has 0 N–H and O–H groups in total. The molecule has 7 heteroatoms. The molecule has 7 nitrogen and oxygen atoms in total. The quantitative estimate of drug-likeness (QED) is 0.308. The summed E-state index contributed by atoms with van der Waals surface area (Å²) >= 11 is 0. The van der Waals surface area contributed by atoms with Gasteiger partial charge in [0.1, 0.15) is 0 Å². The van der Waals surface area contributed by atoms with Gasteiger partial charge in [0.15, 0.2) is 0 Å². The summed E-state index contributed by atoms with van der Waals surface area (Å²) in [4.78, 5) is 26.3. The van der Waals surface area contributed by atoms with E-state index in [4.69, 9.17) is 18.9 Å². The molecule has 2 saturated heterocycles. The van der Waals surface area contributed by atoms with Crippen LogP contribution in [0.25, 0.3) is 0 Å². The van der Waals surface area contributed by atoms with E-state index in [2.05, 4.69) is 13.2 Å². The van der Waals surface area contributed by atoms with E-state index in [9.17, 15) is 9.59 Å². The molecule has 134 valence electrons. The van der Waals surface area contributed by atoms with Crippen LogP contribution in [-0.4, -0.2) is 75.6 Å². The van der Waals surface area contributed by atoms with Gasteiger partial charge < -0.3 is 18.9 Å². The number of carbonyl (C=O) groups excluding carboxylic acids is 2. The Morgan fingerprint density at radius 2 is 1.46 bits per heavy atom. The zero-order valence-electron chi connectivity index (χ0n) is 14.0. The molecule has 2 amide bonds. The summed E-state index contributed by atoms with van der Waals surface area (Å²) in [7, 11) is 1.61. The maximum absolute atomic E-state index is 12.5. The van der Waals surface area contributed by atoms with Crippen LogP contribution in [0.1, 0.15) is 0 Å². The molecule has 2 unspecified atom stereocenters. The van der Waals surface area contributed by atoms with E-state index in [1.807, 2.05) is 0 Å². The second kappa shape index (κ2) is 9.08. The van der Waals surface area contributed by atoms with Crippen LogP contribution in [0, 0.1) is 11.8 Å². The molecule has 0 aromatic heterocycles. The normalized spacial score (nSPS) is 29.1. The van der Waals surface area contributed by atoms with Crippen LogP contribution < -0.4 is 0 Å². The number of amides is 2. The average Bonchev–Trinajstić information content (AvgIpc) is 3.08. The molecular weight excluding hydrogens is 314 g/mol. The van der Waals surface area contributed by atoms with Crippen LogP contribution in [0.5, 0.6) is 0 Å². The van der Waals surface area contributed by atoms with Crippen LogP contribution >= 0.6 is 0 Å². The largest absolute Gasteiger partial charge is 0.382 e. The summed E-state index contributed by atoms with van der Waals surface area (Å²) in [5.74, 6) is -1.45. The van der Waals surface area contributed by atoms with Gasteiger partial charge in [0.2, 0.25) is 11.8 Å². The number of rotatable bonds is 11. The number of nitrogens with zero attached hydrogens (tertiary/aromatic N) is 1. The first-order valence-electron chi connectivity index (χ1n) is 8.06. The number of ether oxygens (including phenoxy) is 4. The van der Waals surface area contributed by atoms with Gasteiger partial charge in [-0.2, -0.15) is 0 Å². The van der Waals surface area contributed by atoms with Crippen molar-refractivity contribution >= 4 is 11.8 Å². The first kappa shape index (κ1) is 18.8. The Morgan fingerprint density at radius 3 is 1.96 bits per heavy atom. The highest BCUT2D eigenvalue weighted by Gasteiger charge is 2.58. The van der Waals surface area contributed by atoms with E-state index in [1.165, 1.54) is 4.90 Å². The maximum atomic E-state index is 12.5. The topological polar surface area (TPSA) is 74.3 Å². The first-order valence-corrected chi connectivity index (χ1v) is 8.06. The molecule has 0 bridgehead atoms. The van der Waals surface area contributed by atoms with Crippen LogP contribution in [0.2, 0.25) is 0 Å². The Bertz CT molecular complexity index is 448. The van der Waals surface area contributed by atoms with Crippen LogP contribution in [0.3, 0.4) is 0 Å². The summed E-state index contributed by atoms with van der Waals surface area (Å²) in [5, 5.41) is 0. The molecule has 2 rings (SSSR count). The molecule has 0 spiro atoms. The van der Waals surface area contributed by atoms with Crippen molar-refractivity contribution in [2.45, 2.75) is 12.2 Å². The predicted octanol–water partition coefficient (Wildman–Crippen LogP) is 0.407. The number of likely N-dealkylation sites (tertiary alicyclic amines) is 1. The molecule has 2 aliphatic heterocycles. The van der Waals surface area contributed by atoms with Gasteiger partial charge in [-0.15, -0.1) is 13.2 Å². The lowest BCUT2D eigenvalue weighted by molar-refractivity contribution is -0.143. The van der Waals surface area contributed by atoms with Crippen molar-refractivity contribution in [3.8, 4) is 0 Å². The minimum Gasteiger partial charge on any atom is -0.382 e. The second-order valence-corrected chi connectivity index (χ2v) is 5.63. The van der Waals surface area contributed by atoms with E-state index in [1.54, 1.807) is 19.3 Å². The van der Waals surface area contributed by atoms with Gasteiger partial charge in [-0.3, -0.25) is 14.5 Å². The molecule has 2 heterocycles. The number of imide groups is 1. The maximum Gasteiger partial charge on any atom is 0.236 e. The van der Waals surface area contributed by atoms with E-state index >= 15 is 0 Å². The van der Waals surface area contributed by atoms with Gasteiger partial charge in [0.25, 0.3) is 0 Å². The monoisotopic (exact) mass is 339 g/mol. The molecule has 0 radical (unpaired) electrons. The number of hydrogen-bond acceptors (Lipinski definition) is 6. The first-order chi connectivity index (χ1) is 11.7. The third-order valence-electron chi connectivity index (χ3n) is 4.24. The fourth-order valence-electron chi connectivity index (χ4n) is 3.06. The van der Waals surface area contributed by atoms with Gasteiger partial charge >= 0.3 is 0 Å². The minimum absolute atomic E-state index is 0.223. The number of carbonyl (C=O) groups is 2. The van der Waals surface area contributed by atoms with Gasteiger partial charge in [-0.1, -0.05) is 12.2 Å². The highest BCUT2D eigenvalue weighted by molar-refractivity contribution is 6.06. The van der Waals surface area contributed by atoms with Crippen molar-refractivity contribution in [1.82, 2.24) is 4.90 Å². The Morgan fingerprint density at radius 1 is 0.958 bits per heavy atom. The number of hydrogen-bond donors (Lipinski definition) is 0. The lowest BCUT2D eigenvalue weighted by Crippen LogP contribution is -2.37. The highest BCUT2D eigenvalue weighted by atomic mass is 16.5. The van der Waals surface area contributed by atoms with Gasteiger partial charge in [0.05, 0.1) is 63.6 Å². The minimum atomic E-state index is -0.504. The standard InChI is InChI=1S/C17H25NO6/c1-4-12-14-15(13(5-2)24-12)17(20)18(16(14)19)6-7-22-10-11-23-9-8-21-3/h4-5,12-15H,1-2,6-11H2,3H3/t12?,13?,14-,15+. The molecule has 0 saturated carbocycles. The summed E-state index contributed by atoms with van der Waals surface area (Å²) in [5.41, 5.74) is 0.